The topological polar surface area (TPSA) is 75.8 Å². The van der Waals surface area contributed by atoms with E-state index in [9.17, 15) is 14.7 Å². The van der Waals surface area contributed by atoms with Gasteiger partial charge < -0.3 is 5.11 Å². The van der Waals surface area contributed by atoms with Gasteiger partial charge in [0.1, 0.15) is 7.05 Å². The highest BCUT2D eigenvalue weighted by Gasteiger charge is 2.51. The average Bonchev–Trinajstić information content (AvgIpc) is 3.02. The van der Waals surface area contributed by atoms with Gasteiger partial charge in [-0.05, 0) is 55.6 Å². The molecule has 0 N–H and O–H groups in total. The minimum Gasteiger partial charge on any atom is -0.861 e. The van der Waals surface area contributed by atoms with Gasteiger partial charge in [0, 0.05) is 17.7 Å². The minimum absolute atomic E-state index is 0.136. The highest BCUT2D eigenvalue weighted by atomic mass is 16.3. The monoisotopic (exact) mass is 451 g/mol. The van der Waals surface area contributed by atoms with Gasteiger partial charge in [0.25, 0.3) is 0 Å². The van der Waals surface area contributed by atoms with Gasteiger partial charge >= 0.3 is 0 Å². The quantitative estimate of drug-likeness (QED) is 0.116. The lowest BCUT2D eigenvalue weighted by atomic mass is 9.75. The first kappa shape index (κ1) is 21.8. The van der Waals surface area contributed by atoms with Crippen LogP contribution in [0.3, 0.4) is 0 Å². The number of benzene rings is 3. The van der Waals surface area contributed by atoms with Crippen molar-refractivity contribution in [2.75, 3.05) is 12.1 Å². The van der Waals surface area contributed by atoms with Gasteiger partial charge in [0.15, 0.2) is 23.3 Å². The molecule has 5 rings (SSSR count). The van der Waals surface area contributed by atoms with E-state index in [0.717, 1.165) is 22.2 Å². The standard InChI is InChI=1S/C28H25N3O3/c1-17(32)29-31(19-11-6-5-7-12-19)25-26(33)21(27(25)34)16-23-28(2,3)24-20-13-9-8-10-18(20)14-15-22(24)30(23)4/h5-16,25H,1-4H3. The molecule has 1 heterocycles. The van der Waals surface area contributed by atoms with Crippen LogP contribution in [0.1, 0.15) is 26.3 Å². The highest BCUT2D eigenvalue weighted by Crippen LogP contribution is 2.44. The number of Topliss-reactive ketones (excluding diaryl/α,β-unsaturated/α-hetero) is 2. The SMILES string of the molecule is C/C([O-])=N/N(c1ccccc1)C1C(=O)C(=CC2=[N+](C)c3ccc4ccccc4c3C2(C)C)C1=O. The molecule has 0 amide bonds. The fourth-order valence-corrected chi connectivity index (χ4v) is 5.11. The van der Waals surface area contributed by atoms with E-state index < -0.39 is 17.4 Å². The van der Waals surface area contributed by atoms with Crippen molar-refractivity contribution in [2.45, 2.75) is 32.2 Å². The summed E-state index contributed by atoms with van der Waals surface area (Å²) in [7, 11) is 1.96. The van der Waals surface area contributed by atoms with E-state index in [4.69, 9.17) is 0 Å². The van der Waals surface area contributed by atoms with Crippen molar-refractivity contribution in [3.05, 3.63) is 83.9 Å². The number of nitrogens with zero attached hydrogens (tertiary/aromatic N) is 3. The Morgan fingerprint density at radius 2 is 1.65 bits per heavy atom. The van der Waals surface area contributed by atoms with E-state index in [1.807, 2.05) is 25.2 Å². The van der Waals surface area contributed by atoms with Gasteiger partial charge in [0.2, 0.25) is 5.69 Å². The molecule has 1 aliphatic heterocycles. The molecule has 1 saturated carbocycles. The molecule has 3 aromatic rings. The Balaban J connectivity index is 1.54. The van der Waals surface area contributed by atoms with E-state index in [-0.39, 0.29) is 17.1 Å². The van der Waals surface area contributed by atoms with Crippen molar-refractivity contribution in [1.82, 2.24) is 0 Å². The van der Waals surface area contributed by atoms with E-state index in [1.165, 1.54) is 17.5 Å². The van der Waals surface area contributed by atoms with Gasteiger partial charge in [-0.15, -0.1) is 0 Å². The number of carbonyl (C=O) groups is 2. The molecule has 2 aliphatic rings. The molecule has 6 nitrogen and oxygen atoms in total. The molecule has 1 aliphatic carbocycles. The number of carbonyl (C=O) groups excluding carboxylic acids is 2. The van der Waals surface area contributed by atoms with E-state index in [2.05, 4.69) is 47.8 Å². The van der Waals surface area contributed by atoms with Gasteiger partial charge in [-0.1, -0.05) is 42.5 Å². The summed E-state index contributed by atoms with van der Waals surface area (Å²) in [6.45, 7) is 5.52. The zero-order valence-electron chi connectivity index (χ0n) is 19.6. The second-order valence-corrected chi connectivity index (χ2v) is 9.24. The third kappa shape index (κ3) is 3.17. The third-order valence-corrected chi connectivity index (χ3v) is 6.72. The molecule has 170 valence electrons. The summed E-state index contributed by atoms with van der Waals surface area (Å²) in [5.41, 5.74) is 3.36. The second-order valence-electron chi connectivity index (χ2n) is 9.24. The number of allylic oxidation sites excluding steroid dienone is 1. The first-order chi connectivity index (χ1) is 16.2. The molecule has 34 heavy (non-hydrogen) atoms. The Kier molecular flexibility index (Phi) is 4.97. The summed E-state index contributed by atoms with van der Waals surface area (Å²) in [4.78, 5) is 26.5. The lowest BCUT2D eigenvalue weighted by Gasteiger charge is -2.35. The first-order valence-electron chi connectivity index (χ1n) is 11.2. The maximum Gasteiger partial charge on any atom is 0.210 e. The molecule has 0 aromatic heterocycles. The molecule has 0 atom stereocenters. The number of fused-ring (bicyclic) bond motifs is 3. The molecule has 1 fully saturated rings. The molecule has 0 spiro atoms. The summed E-state index contributed by atoms with van der Waals surface area (Å²) in [6.07, 6.45) is 1.72. The lowest BCUT2D eigenvalue weighted by molar-refractivity contribution is -0.401. The van der Waals surface area contributed by atoms with Crippen molar-refractivity contribution in [3.8, 4) is 0 Å². The number of anilines is 1. The molecule has 3 aromatic carbocycles. The van der Waals surface area contributed by atoms with Crippen LogP contribution >= 0.6 is 0 Å². The Hall–Kier alpha value is -4.06. The number of hydrogen-bond donors (Lipinski definition) is 0. The van der Waals surface area contributed by atoms with Crippen LogP contribution in [-0.2, 0) is 15.0 Å². The second kappa shape index (κ2) is 7.76. The molecule has 0 radical (unpaired) electrons. The summed E-state index contributed by atoms with van der Waals surface area (Å²) in [5, 5.41) is 19.2. The number of para-hydroxylation sites is 1. The van der Waals surface area contributed by atoms with Crippen LogP contribution in [-0.4, -0.2) is 40.8 Å². The van der Waals surface area contributed by atoms with Crippen LogP contribution in [0.15, 0.2) is 83.5 Å². The van der Waals surface area contributed by atoms with Crippen LogP contribution < -0.4 is 10.1 Å². The summed E-state index contributed by atoms with van der Waals surface area (Å²) in [6, 6.07) is 20.1. The highest BCUT2D eigenvalue weighted by molar-refractivity contribution is 6.44. The van der Waals surface area contributed by atoms with Gasteiger partial charge in [0.05, 0.1) is 16.7 Å². The van der Waals surface area contributed by atoms with E-state index >= 15 is 0 Å². The summed E-state index contributed by atoms with van der Waals surface area (Å²) < 4.78 is 2.05. The number of rotatable bonds is 4. The molecule has 0 bridgehead atoms. The average molecular weight is 452 g/mol. The van der Waals surface area contributed by atoms with E-state index in [1.54, 1.807) is 30.3 Å². The maximum absolute atomic E-state index is 13.2. The third-order valence-electron chi connectivity index (χ3n) is 6.72. The van der Waals surface area contributed by atoms with Crippen molar-refractivity contribution in [3.63, 3.8) is 0 Å². The van der Waals surface area contributed by atoms with Crippen LogP contribution in [0.25, 0.3) is 10.8 Å². The normalized spacial score (nSPS) is 19.4. The Labute approximate surface area is 198 Å². The summed E-state index contributed by atoms with van der Waals surface area (Å²) >= 11 is 0. The fourth-order valence-electron chi connectivity index (χ4n) is 5.11. The zero-order valence-corrected chi connectivity index (χ0v) is 19.6. The molecular weight excluding hydrogens is 426 g/mol. The lowest BCUT2D eigenvalue weighted by Crippen LogP contribution is -2.56. The molecular formula is C28H25N3O3. The number of ketones is 2. The smallest absolute Gasteiger partial charge is 0.210 e. The predicted molar refractivity (Wildman–Crippen MR) is 132 cm³/mol. The molecule has 0 saturated heterocycles. The summed E-state index contributed by atoms with van der Waals surface area (Å²) in [5.74, 6) is -1.15. The van der Waals surface area contributed by atoms with Gasteiger partial charge in [-0.3, -0.25) is 9.59 Å². The molecule has 6 heteroatoms. The van der Waals surface area contributed by atoms with Crippen molar-refractivity contribution in [1.29, 1.82) is 0 Å². The molecule has 0 unspecified atom stereocenters. The Bertz CT molecular complexity index is 1430. The first-order valence-corrected chi connectivity index (χ1v) is 11.2. The maximum atomic E-state index is 13.2. The zero-order chi connectivity index (χ0) is 24.2. The predicted octanol–water partition coefficient (Wildman–Crippen LogP) is 3.49. The largest absolute Gasteiger partial charge is 0.861 e. The van der Waals surface area contributed by atoms with Crippen molar-refractivity contribution in [2.24, 2.45) is 5.10 Å². The van der Waals surface area contributed by atoms with Gasteiger partial charge in [-0.2, -0.15) is 9.68 Å². The van der Waals surface area contributed by atoms with Crippen LogP contribution in [0.4, 0.5) is 11.4 Å². The Morgan fingerprint density at radius 1 is 1.00 bits per heavy atom. The number of hydrogen-bond acceptors (Lipinski definition) is 5. The van der Waals surface area contributed by atoms with Crippen LogP contribution in [0.2, 0.25) is 0 Å². The van der Waals surface area contributed by atoms with Gasteiger partial charge in [-0.25, -0.2) is 5.01 Å². The van der Waals surface area contributed by atoms with Crippen molar-refractivity contribution < 1.29 is 19.3 Å². The van der Waals surface area contributed by atoms with Crippen LogP contribution in [0.5, 0.6) is 0 Å². The minimum atomic E-state index is -1.13. The Morgan fingerprint density at radius 3 is 2.32 bits per heavy atom. The van der Waals surface area contributed by atoms with Crippen LogP contribution in [0, 0.1) is 0 Å². The van der Waals surface area contributed by atoms with E-state index in [0.29, 0.717) is 5.69 Å². The fraction of sp³-hybridized carbons (Fsp3) is 0.214. The van der Waals surface area contributed by atoms with Crippen molar-refractivity contribution >= 4 is 45.3 Å². The number of hydrazone groups is 1.